The van der Waals surface area contributed by atoms with Crippen molar-refractivity contribution in [2.24, 2.45) is 0 Å². The Bertz CT molecular complexity index is 152. The van der Waals surface area contributed by atoms with Crippen molar-refractivity contribution in [3.05, 3.63) is 0 Å². The Morgan fingerprint density at radius 3 is 1.38 bits per heavy atom. The van der Waals surface area contributed by atoms with E-state index >= 15 is 0 Å². The van der Waals surface area contributed by atoms with Crippen LogP contribution in [0.15, 0.2) is 0 Å². The second kappa shape index (κ2) is 5.22. The van der Waals surface area contributed by atoms with E-state index in [0.29, 0.717) is 5.08 Å². The molecule has 86 valence electrons. The highest BCUT2D eigenvalue weighted by Gasteiger charge is 2.28. The summed E-state index contributed by atoms with van der Waals surface area (Å²) in [5, 5.41) is 1.39. The van der Waals surface area contributed by atoms with E-state index in [4.69, 9.17) is 53.4 Å². The Balaban J connectivity index is 4.25. The van der Waals surface area contributed by atoms with E-state index in [0.717, 1.165) is 5.08 Å². The van der Waals surface area contributed by atoms with Crippen LogP contribution in [0.1, 0.15) is 0 Å². The van der Waals surface area contributed by atoms with Crippen molar-refractivity contribution >= 4 is 79.6 Å². The van der Waals surface area contributed by atoms with Crippen molar-refractivity contribution in [1.29, 1.82) is 0 Å². The molecule has 0 rings (SSSR count). The summed E-state index contributed by atoms with van der Waals surface area (Å²) < 4.78 is 0. The summed E-state index contributed by atoms with van der Waals surface area (Å²) in [4.78, 5) is 0. The second-order valence-electron chi connectivity index (χ2n) is 3.38. The van der Waals surface area contributed by atoms with Crippen molar-refractivity contribution in [3.63, 3.8) is 0 Å². The maximum atomic E-state index is 6.00. The lowest BCUT2D eigenvalue weighted by molar-refractivity contribution is 1.92. The van der Waals surface area contributed by atoms with Gasteiger partial charge in [-0.1, -0.05) is 29.8 Å². The Morgan fingerprint density at radius 2 is 1.15 bits per heavy atom. The first-order valence-corrected chi connectivity index (χ1v) is 14.1. The summed E-state index contributed by atoms with van der Waals surface area (Å²) in [6.45, 7) is 0. The van der Waals surface area contributed by atoms with Crippen LogP contribution in [0, 0.1) is 0 Å². The van der Waals surface area contributed by atoms with Crippen molar-refractivity contribution in [1.82, 2.24) is 0 Å². The number of rotatable bonds is 4. The van der Waals surface area contributed by atoms with Crippen LogP contribution in [-0.4, -0.2) is 28.9 Å². The Labute approximate surface area is 107 Å². The van der Waals surface area contributed by atoms with Crippen LogP contribution in [-0.2, 0) is 0 Å². The third-order valence-corrected chi connectivity index (χ3v) is 12.8. The molecule has 0 spiro atoms. The zero-order valence-corrected chi connectivity index (χ0v) is 13.8. The molecule has 0 bridgehead atoms. The van der Waals surface area contributed by atoms with E-state index in [9.17, 15) is 0 Å². The standard InChI is InChI=1S/C5H13Cl5S3/c1-11(2,4-12(3,6)7)5-13(8,9)10/h4-5H2,1-3H3. The predicted molar refractivity (Wildman–Crippen MR) is 79.5 cm³/mol. The van der Waals surface area contributed by atoms with Gasteiger partial charge in [0.25, 0.3) is 0 Å². The maximum absolute atomic E-state index is 6.00. The maximum Gasteiger partial charge on any atom is 0.0470 e. The highest BCUT2D eigenvalue weighted by Crippen LogP contribution is 2.74. The van der Waals surface area contributed by atoms with Crippen molar-refractivity contribution in [2.45, 2.75) is 0 Å². The quantitative estimate of drug-likeness (QED) is 0.588. The third-order valence-electron chi connectivity index (χ3n) is 0.979. The molecule has 0 aliphatic carbocycles. The fourth-order valence-corrected chi connectivity index (χ4v) is 20.1. The van der Waals surface area contributed by atoms with E-state index < -0.39 is 26.2 Å². The molecule has 0 fully saturated rings. The van der Waals surface area contributed by atoms with E-state index in [2.05, 4.69) is 12.5 Å². The van der Waals surface area contributed by atoms with Gasteiger partial charge < -0.3 is 0 Å². The number of hydrogen-bond acceptors (Lipinski definition) is 0. The van der Waals surface area contributed by atoms with Crippen LogP contribution >= 0.6 is 79.6 Å². The van der Waals surface area contributed by atoms with Gasteiger partial charge in [0, 0.05) is 17.8 Å². The Hall–Kier alpha value is 2.50. The van der Waals surface area contributed by atoms with Gasteiger partial charge in [0.2, 0.25) is 0 Å². The molecule has 0 aromatic rings. The molecule has 0 radical (unpaired) electrons. The first-order valence-electron chi connectivity index (χ1n) is 3.15. The van der Waals surface area contributed by atoms with Crippen LogP contribution in [0.5, 0.6) is 0 Å². The molecule has 0 nitrogen and oxygen atoms in total. The minimum atomic E-state index is -2.00. The Morgan fingerprint density at radius 1 is 0.769 bits per heavy atom. The molecule has 0 heterocycles. The molecule has 0 aliphatic rings. The van der Waals surface area contributed by atoms with Crippen LogP contribution < -0.4 is 0 Å². The highest BCUT2D eigenvalue weighted by molar-refractivity contribution is 8.83. The summed E-state index contributed by atoms with van der Waals surface area (Å²) in [5.74, 6) is 0. The minimum Gasteiger partial charge on any atom is -0.226 e. The molecule has 0 unspecified atom stereocenters. The molecule has 0 saturated heterocycles. The molecule has 0 aliphatic heterocycles. The fraction of sp³-hybridized carbons (Fsp3) is 1.00. The number of halogens is 5. The van der Waals surface area contributed by atoms with Gasteiger partial charge in [-0.25, -0.2) is 10.0 Å². The average Bonchev–Trinajstić information content (AvgIpc) is 1.43. The van der Waals surface area contributed by atoms with Crippen molar-refractivity contribution in [3.8, 4) is 0 Å². The molecular weight excluding hydrogens is 334 g/mol. The fourth-order valence-electron chi connectivity index (χ4n) is 0.956. The van der Waals surface area contributed by atoms with Gasteiger partial charge in [-0.3, -0.25) is 0 Å². The van der Waals surface area contributed by atoms with Gasteiger partial charge >= 0.3 is 0 Å². The van der Waals surface area contributed by atoms with Crippen molar-refractivity contribution < 1.29 is 0 Å². The molecule has 13 heavy (non-hydrogen) atoms. The average molecular weight is 347 g/mol. The number of hydrogen-bond donors (Lipinski definition) is 0. The summed E-state index contributed by atoms with van der Waals surface area (Å²) in [5.41, 5.74) is 0. The van der Waals surface area contributed by atoms with Crippen LogP contribution in [0.2, 0.25) is 0 Å². The van der Waals surface area contributed by atoms with Crippen molar-refractivity contribution in [2.75, 3.05) is 28.9 Å². The van der Waals surface area contributed by atoms with Gasteiger partial charge in [0.1, 0.15) is 0 Å². The monoisotopic (exact) mass is 344 g/mol. The zero-order chi connectivity index (χ0) is 10.9. The molecular formula is C5H13Cl5S3. The molecule has 0 aromatic heterocycles. The first kappa shape index (κ1) is 15.5. The topological polar surface area (TPSA) is 0 Å². The summed E-state index contributed by atoms with van der Waals surface area (Å²) >= 11 is 0. The summed E-state index contributed by atoms with van der Waals surface area (Å²) in [6.07, 6.45) is 6.04. The van der Waals surface area contributed by atoms with E-state index in [1.807, 2.05) is 6.26 Å². The van der Waals surface area contributed by atoms with E-state index in [1.54, 1.807) is 0 Å². The molecule has 8 heteroatoms. The molecule has 0 atom stereocenters. The van der Waals surface area contributed by atoms with Gasteiger partial charge in [-0.2, -0.15) is 0 Å². The van der Waals surface area contributed by atoms with Gasteiger partial charge in [-0.15, -0.1) is 0 Å². The predicted octanol–water partition coefficient (Wildman–Crippen LogP) is 5.97. The van der Waals surface area contributed by atoms with Gasteiger partial charge in [-0.05, 0) is 50.8 Å². The first-order chi connectivity index (χ1) is 5.41. The lowest BCUT2D eigenvalue weighted by Crippen LogP contribution is -2.07. The summed E-state index contributed by atoms with van der Waals surface area (Å²) in [7, 11) is 24.9. The molecule has 0 amide bonds. The SMILES string of the molecule is CS(Cl)(Cl)CS(C)(C)CS(Cl)(Cl)Cl. The second-order valence-corrected chi connectivity index (χ2v) is 22.3. The van der Waals surface area contributed by atoms with E-state index in [1.165, 1.54) is 0 Å². The minimum absolute atomic E-state index is 0.618. The summed E-state index contributed by atoms with van der Waals surface area (Å²) in [6, 6.07) is 0. The van der Waals surface area contributed by atoms with Crippen LogP contribution in [0.4, 0.5) is 0 Å². The molecule has 0 N–H and O–H groups in total. The third kappa shape index (κ3) is 10.8. The van der Waals surface area contributed by atoms with Gasteiger partial charge in [0.05, 0.1) is 0 Å². The van der Waals surface area contributed by atoms with E-state index in [-0.39, 0.29) is 0 Å². The van der Waals surface area contributed by atoms with Gasteiger partial charge in [0.15, 0.2) is 0 Å². The molecule has 0 saturated carbocycles. The smallest absolute Gasteiger partial charge is 0.0470 e. The van der Waals surface area contributed by atoms with Crippen LogP contribution in [0.25, 0.3) is 0 Å². The largest absolute Gasteiger partial charge is 0.226 e. The normalized spacial score (nSPS) is 18.5. The van der Waals surface area contributed by atoms with Crippen LogP contribution in [0.3, 0.4) is 0 Å². The molecule has 0 aromatic carbocycles. The Kier molecular flexibility index (Phi) is 6.22. The zero-order valence-electron chi connectivity index (χ0n) is 7.53. The lowest BCUT2D eigenvalue weighted by Gasteiger charge is -2.39. The lowest BCUT2D eigenvalue weighted by atomic mass is 11.8. The highest BCUT2D eigenvalue weighted by atomic mass is 36.2.